The third kappa shape index (κ3) is 2.50. The smallest absolute Gasteiger partial charge is 0.251 e. The van der Waals surface area contributed by atoms with E-state index in [1.54, 1.807) is 12.1 Å². The van der Waals surface area contributed by atoms with Crippen molar-refractivity contribution in [2.75, 3.05) is 5.73 Å². The molecule has 2 rings (SSSR count). The summed E-state index contributed by atoms with van der Waals surface area (Å²) in [6.07, 6.45) is 3.45. The largest absolute Gasteiger partial charge is 0.399 e. The molecule has 0 saturated heterocycles. The van der Waals surface area contributed by atoms with Gasteiger partial charge in [-0.2, -0.15) is 0 Å². The number of hydrogen-bond donors (Lipinski definition) is 2. The highest BCUT2D eigenvalue weighted by Crippen LogP contribution is 2.37. The Bertz CT molecular complexity index is 466. The van der Waals surface area contributed by atoms with Gasteiger partial charge in [0, 0.05) is 17.3 Å². The minimum atomic E-state index is 0.0121. The molecule has 1 aromatic rings. The van der Waals surface area contributed by atoms with Gasteiger partial charge in [0.25, 0.3) is 5.91 Å². The number of amides is 1. The number of aryl methyl sites for hydroxylation is 1. The second-order valence-corrected chi connectivity index (χ2v) is 5.98. The van der Waals surface area contributed by atoms with Crippen molar-refractivity contribution in [1.82, 2.24) is 5.32 Å². The number of carbonyl (C=O) groups is 1. The van der Waals surface area contributed by atoms with Gasteiger partial charge in [0.2, 0.25) is 0 Å². The van der Waals surface area contributed by atoms with Gasteiger partial charge in [-0.05, 0) is 48.9 Å². The number of carbonyl (C=O) groups excluding carboxylic acids is 1. The van der Waals surface area contributed by atoms with E-state index in [4.69, 9.17) is 5.73 Å². The highest BCUT2D eigenvalue weighted by molar-refractivity contribution is 5.95. The van der Waals surface area contributed by atoms with Crippen molar-refractivity contribution in [1.29, 1.82) is 0 Å². The molecule has 1 saturated carbocycles. The van der Waals surface area contributed by atoms with Crippen LogP contribution in [0, 0.1) is 12.3 Å². The summed E-state index contributed by atoms with van der Waals surface area (Å²) in [5.41, 5.74) is 8.35. The summed E-state index contributed by atoms with van der Waals surface area (Å²) in [4.78, 5) is 12.2. The van der Waals surface area contributed by atoms with Gasteiger partial charge in [0.15, 0.2) is 0 Å². The van der Waals surface area contributed by atoms with Crippen molar-refractivity contribution < 1.29 is 4.79 Å². The number of hydrogen-bond acceptors (Lipinski definition) is 2. The second-order valence-electron chi connectivity index (χ2n) is 5.98. The second kappa shape index (κ2) is 4.63. The molecule has 1 atom stereocenters. The Balaban J connectivity index is 2.10. The van der Waals surface area contributed by atoms with E-state index in [1.807, 2.05) is 13.0 Å². The van der Waals surface area contributed by atoms with Gasteiger partial charge in [-0.15, -0.1) is 0 Å². The molecule has 0 bridgehead atoms. The molecule has 1 aromatic carbocycles. The number of rotatable bonds is 2. The molecular weight excluding hydrogens is 224 g/mol. The van der Waals surface area contributed by atoms with Gasteiger partial charge in [0.05, 0.1) is 0 Å². The number of nitrogens with two attached hydrogens (primary N) is 1. The predicted octanol–water partition coefficient (Wildman–Crippen LogP) is 2.89. The van der Waals surface area contributed by atoms with Gasteiger partial charge in [-0.25, -0.2) is 0 Å². The SMILES string of the molecule is Cc1cc(C(=O)NC2CCCC2(C)C)ccc1N. The average Bonchev–Trinajstić information content (AvgIpc) is 2.62. The first-order chi connectivity index (χ1) is 8.40. The van der Waals surface area contributed by atoms with Gasteiger partial charge in [-0.1, -0.05) is 20.3 Å². The lowest BCUT2D eigenvalue weighted by atomic mass is 9.87. The fourth-order valence-electron chi connectivity index (χ4n) is 2.65. The molecule has 0 radical (unpaired) electrons. The monoisotopic (exact) mass is 246 g/mol. The number of anilines is 1. The molecule has 0 aliphatic heterocycles. The lowest BCUT2D eigenvalue weighted by Gasteiger charge is -2.27. The summed E-state index contributed by atoms with van der Waals surface area (Å²) in [6, 6.07) is 5.72. The Morgan fingerprint density at radius 3 is 2.72 bits per heavy atom. The van der Waals surface area contributed by atoms with Crippen LogP contribution in [-0.4, -0.2) is 11.9 Å². The Morgan fingerprint density at radius 2 is 2.17 bits per heavy atom. The third-order valence-corrected chi connectivity index (χ3v) is 4.09. The molecule has 98 valence electrons. The maximum absolute atomic E-state index is 12.2. The first-order valence-electron chi connectivity index (χ1n) is 6.57. The van der Waals surface area contributed by atoms with Gasteiger partial charge in [0.1, 0.15) is 0 Å². The van der Waals surface area contributed by atoms with E-state index >= 15 is 0 Å². The molecule has 18 heavy (non-hydrogen) atoms. The summed E-state index contributed by atoms with van der Waals surface area (Å²) in [5, 5.41) is 3.15. The lowest BCUT2D eigenvalue weighted by molar-refractivity contribution is 0.0910. The van der Waals surface area contributed by atoms with Crippen molar-refractivity contribution in [3.63, 3.8) is 0 Å². The summed E-state index contributed by atoms with van der Waals surface area (Å²) < 4.78 is 0. The van der Waals surface area contributed by atoms with E-state index in [9.17, 15) is 4.79 Å². The van der Waals surface area contributed by atoms with Crippen LogP contribution >= 0.6 is 0 Å². The number of benzene rings is 1. The molecule has 0 aromatic heterocycles. The summed E-state index contributed by atoms with van der Waals surface area (Å²) in [7, 11) is 0. The van der Waals surface area contributed by atoms with Crippen molar-refractivity contribution in [2.45, 2.75) is 46.1 Å². The van der Waals surface area contributed by atoms with Crippen LogP contribution in [0.5, 0.6) is 0 Å². The van der Waals surface area contributed by atoms with Crippen LogP contribution in [0.25, 0.3) is 0 Å². The molecule has 1 fully saturated rings. The number of nitrogen functional groups attached to an aromatic ring is 1. The summed E-state index contributed by atoms with van der Waals surface area (Å²) in [6.45, 7) is 6.37. The van der Waals surface area contributed by atoms with Crippen LogP contribution in [0.2, 0.25) is 0 Å². The Labute approximate surface area is 109 Å². The average molecular weight is 246 g/mol. The molecule has 3 heteroatoms. The molecule has 1 unspecified atom stereocenters. The fraction of sp³-hybridized carbons (Fsp3) is 0.533. The molecule has 0 heterocycles. The highest BCUT2D eigenvalue weighted by atomic mass is 16.1. The standard InChI is InChI=1S/C15H22N2O/c1-10-9-11(6-7-12(10)16)14(18)17-13-5-4-8-15(13,2)3/h6-7,9,13H,4-5,8,16H2,1-3H3,(H,17,18). The van der Waals surface area contributed by atoms with Crippen molar-refractivity contribution >= 4 is 11.6 Å². The van der Waals surface area contributed by atoms with E-state index in [2.05, 4.69) is 19.2 Å². The third-order valence-electron chi connectivity index (χ3n) is 4.09. The molecular formula is C15H22N2O. The van der Waals surface area contributed by atoms with Gasteiger partial charge >= 0.3 is 0 Å². The van der Waals surface area contributed by atoms with E-state index in [0.717, 1.165) is 17.7 Å². The molecule has 1 aliphatic rings. The Hall–Kier alpha value is -1.51. The maximum Gasteiger partial charge on any atom is 0.251 e. The van der Waals surface area contributed by atoms with Crippen molar-refractivity contribution in [2.24, 2.45) is 5.41 Å². The zero-order valence-corrected chi connectivity index (χ0v) is 11.4. The lowest BCUT2D eigenvalue weighted by Crippen LogP contribution is -2.41. The molecule has 1 amide bonds. The minimum Gasteiger partial charge on any atom is -0.399 e. The highest BCUT2D eigenvalue weighted by Gasteiger charge is 2.35. The van der Waals surface area contributed by atoms with E-state index in [0.29, 0.717) is 5.56 Å². The van der Waals surface area contributed by atoms with Crippen LogP contribution in [0.1, 0.15) is 49.0 Å². The summed E-state index contributed by atoms with van der Waals surface area (Å²) >= 11 is 0. The van der Waals surface area contributed by atoms with Crippen LogP contribution < -0.4 is 11.1 Å². The zero-order chi connectivity index (χ0) is 13.3. The Morgan fingerprint density at radius 1 is 1.44 bits per heavy atom. The van der Waals surface area contributed by atoms with E-state index in [1.165, 1.54) is 12.8 Å². The quantitative estimate of drug-likeness (QED) is 0.788. The first kappa shape index (κ1) is 12.9. The minimum absolute atomic E-state index is 0.0121. The predicted molar refractivity (Wildman–Crippen MR) is 74.5 cm³/mol. The van der Waals surface area contributed by atoms with Crippen LogP contribution in [0.3, 0.4) is 0 Å². The van der Waals surface area contributed by atoms with Gasteiger partial charge < -0.3 is 11.1 Å². The van der Waals surface area contributed by atoms with E-state index < -0.39 is 0 Å². The topological polar surface area (TPSA) is 55.1 Å². The zero-order valence-electron chi connectivity index (χ0n) is 11.4. The van der Waals surface area contributed by atoms with Crippen LogP contribution in [0.4, 0.5) is 5.69 Å². The molecule has 3 nitrogen and oxygen atoms in total. The van der Waals surface area contributed by atoms with Crippen LogP contribution in [0.15, 0.2) is 18.2 Å². The van der Waals surface area contributed by atoms with Crippen LogP contribution in [-0.2, 0) is 0 Å². The van der Waals surface area contributed by atoms with E-state index in [-0.39, 0.29) is 17.4 Å². The molecule has 3 N–H and O–H groups in total. The number of nitrogens with one attached hydrogen (secondary N) is 1. The first-order valence-corrected chi connectivity index (χ1v) is 6.57. The van der Waals surface area contributed by atoms with Crippen molar-refractivity contribution in [3.05, 3.63) is 29.3 Å². The molecule has 0 spiro atoms. The summed E-state index contributed by atoms with van der Waals surface area (Å²) in [5.74, 6) is 0.0121. The van der Waals surface area contributed by atoms with Gasteiger partial charge in [-0.3, -0.25) is 4.79 Å². The maximum atomic E-state index is 12.2. The normalized spacial score (nSPS) is 21.8. The molecule has 1 aliphatic carbocycles. The van der Waals surface area contributed by atoms with Crippen molar-refractivity contribution in [3.8, 4) is 0 Å². The Kier molecular flexibility index (Phi) is 3.33. The fourth-order valence-corrected chi connectivity index (χ4v) is 2.65.